The first kappa shape index (κ1) is 10.2. The van der Waals surface area contributed by atoms with Gasteiger partial charge in [0, 0.05) is 17.1 Å². The molecule has 0 amide bonds. The average Bonchev–Trinajstić information content (AvgIpc) is 2.84. The van der Waals surface area contributed by atoms with Crippen LogP contribution in [0.3, 0.4) is 0 Å². The van der Waals surface area contributed by atoms with E-state index < -0.39 is 0 Å². The standard InChI is InChI=1S/C12H11N3OS/c1-15-12(8(13)6-14-15)11-5-7-9(16)3-2-4-10(7)17-11/h2-6,16H,13H2,1H3. The number of anilines is 1. The van der Waals surface area contributed by atoms with Gasteiger partial charge < -0.3 is 10.8 Å². The fourth-order valence-electron chi connectivity index (χ4n) is 1.92. The lowest BCUT2D eigenvalue weighted by atomic mass is 10.2. The van der Waals surface area contributed by atoms with Crippen LogP contribution in [-0.4, -0.2) is 14.9 Å². The van der Waals surface area contributed by atoms with Gasteiger partial charge in [-0.1, -0.05) is 6.07 Å². The summed E-state index contributed by atoms with van der Waals surface area (Å²) in [5.41, 5.74) is 7.44. The molecular formula is C12H11N3OS. The lowest BCUT2D eigenvalue weighted by Gasteiger charge is -1.98. The second-order valence-corrected chi connectivity index (χ2v) is 4.96. The minimum atomic E-state index is 0.297. The fourth-order valence-corrected chi connectivity index (χ4v) is 3.10. The molecule has 17 heavy (non-hydrogen) atoms. The molecule has 3 aromatic rings. The van der Waals surface area contributed by atoms with Gasteiger partial charge in [0.25, 0.3) is 0 Å². The Kier molecular flexibility index (Phi) is 2.09. The van der Waals surface area contributed by atoms with Crippen molar-refractivity contribution in [2.75, 3.05) is 5.73 Å². The van der Waals surface area contributed by atoms with E-state index in [1.54, 1.807) is 28.3 Å². The summed E-state index contributed by atoms with van der Waals surface area (Å²) >= 11 is 1.60. The van der Waals surface area contributed by atoms with E-state index in [-0.39, 0.29) is 0 Å². The van der Waals surface area contributed by atoms with Crippen molar-refractivity contribution in [3.63, 3.8) is 0 Å². The molecule has 86 valence electrons. The summed E-state index contributed by atoms with van der Waals surface area (Å²) in [4.78, 5) is 1.01. The molecule has 0 fully saturated rings. The molecule has 0 spiro atoms. The molecular weight excluding hydrogens is 234 g/mol. The quantitative estimate of drug-likeness (QED) is 0.692. The number of hydrogen-bond acceptors (Lipinski definition) is 4. The van der Waals surface area contributed by atoms with Gasteiger partial charge >= 0.3 is 0 Å². The van der Waals surface area contributed by atoms with Crippen LogP contribution in [0.5, 0.6) is 5.75 Å². The summed E-state index contributed by atoms with van der Waals surface area (Å²) in [6.07, 6.45) is 1.64. The van der Waals surface area contributed by atoms with Gasteiger partial charge in [-0.05, 0) is 18.2 Å². The summed E-state index contributed by atoms with van der Waals surface area (Å²) in [7, 11) is 1.86. The van der Waals surface area contributed by atoms with Crippen LogP contribution in [0.25, 0.3) is 20.7 Å². The lowest BCUT2D eigenvalue weighted by molar-refractivity contribution is 0.482. The Morgan fingerprint density at radius 1 is 1.41 bits per heavy atom. The van der Waals surface area contributed by atoms with Gasteiger partial charge in [-0.25, -0.2) is 0 Å². The van der Waals surface area contributed by atoms with Crippen molar-refractivity contribution in [1.82, 2.24) is 9.78 Å². The lowest BCUT2D eigenvalue weighted by Crippen LogP contribution is -1.93. The number of fused-ring (bicyclic) bond motifs is 1. The topological polar surface area (TPSA) is 64.1 Å². The third-order valence-corrected chi connectivity index (χ3v) is 3.85. The highest BCUT2D eigenvalue weighted by Crippen LogP contribution is 2.38. The average molecular weight is 245 g/mol. The number of aromatic hydroxyl groups is 1. The van der Waals surface area contributed by atoms with Crippen LogP contribution in [0.1, 0.15) is 0 Å². The number of hydrogen-bond donors (Lipinski definition) is 2. The van der Waals surface area contributed by atoms with Crippen molar-refractivity contribution in [1.29, 1.82) is 0 Å². The maximum absolute atomic E-state index is 9.77. The van der Waals surface area contributed by atoms with Crippen molar-refractivity contribution < 1.29 is 5.11 Å². The molecule has 2 heterocycles. The molecule has 0 bridgehead atoms. The van der Waals surface area contributed by atoms with Crippen LogP contribution in [-0.2, 0) is 7.05 Å². The predicted octanol–water partition coefficient (Wildman–Crippen LogP) is 2.59. The third kappa shape index (κ3) is 1.47. The van der Waals surface area contributed by atoms with Crippen LogP contribution >= 0.6 is 11.3 Å². The van der Waals surface area contributed by atoms with Crippen molar-refractivity contribution >= 4 is 27.1 Å². The highest BCUT2D eigenvalue weighted by atomic mass is 32.1. The molecule has 1 aromatic carbocycles. The molecule has 2 aromatic heterocycles. The van der Waals surface area contributed by atoms with E-state index in [4.69, 9.17) is 5.73 Å². The van der Waals surface area contributed by atoms with E-state index in [9.17, 15) is 5.11 Å². The highest BCUT2D eigenvalue weighted by molar-refractivity contribution is 7.22. The van der Waals surface area contributed by atoms with E-state index in [0.717, 1.165) is 20.7 Å². The van der Waals surface area contributed by atoms with Crippen LogP contribution in [0, 0.1) is 0 Å². The normalized spacial score (nSPS) is 11.1. The molecule has 0 aliphatic carbocycles. The first-order valence-electron chi connectivity index (χ1n) is 5.16. The number of nitrogens with two attached hydrogens (primary N) is 1. The van der Waals surface area contributed by atoms with Gasteiger partial charge in [-0.3, -0.25) is 4.68 Å². The Hall–Kier alpha value is -2.01. The largest absolute Gasteiger partial charge is 0.507 e. The van der Waals surface area contributed by atoms with E-state index in [1.807, 2.05) is 25.2 Å². The Labute approximate surface area is 102 Å². The zero-order chi connectivity index (χ0) is 12.0. The van der Waals surface area contributed by atoms with E-state index in [1.165, 1.54) is 0 Å². The van der Waals surface area contributed by atoms with Crippen molar-refractivity contribution in [2.45, 2.75) is 0 Å². The maximum atomic E-state index is 9.77. The van der Waals surface area contributed by atoms with Crippen LogP contribution in [0.2, 0.25) is 0 Å². The van der Waals surface area contributed by atoms with Gasteiger partial charge in [0.15, 0.2) is 0 Å². The number of phenols is 1. The third-order valence-electron chi connectivity index (χ3n) is 2.74. The summed E-state index contributed by atoms with van der Waals surface area (Å²) in [5.74, 6) is 0.297. The predicted molar refractivity (Wildman–Crippen MR) is 70.1 cm³/mol. The number of benzene rings is 1. The minimum Gasteiger partial charge on any atom is -0.507 e. The number of nitrogens with zero attached hydrogens (tertiary/aromatic N) is 2. The Balaban J connectivity index is 2.29. The number of rotatable bonds is 1. The monoisotopic (exact) mass is 245 g/mol. The molecule has 0 radical (unpaired) electrons. The van der Waals surface area contributed by atoms with Gasteiger partial charge in [-0.2, -0.15) is 5.10 Å². The highest BCUT2D eigenvalue weighted by Gasteiger charge is 2.13. The molecule has 0 saturated heterocycles. The van der Waals surface area contributed by atoms with Gasteiger partial charge in [0.2, 0.25) is 0 Å². The molecule has 0 atom stereocenters. The summed E-state index contributed by atoms with van der Waals surface area (Å²) in [6, 6.07) is 7.45. The maximum Gasteiger partial charge on any atom is 0.124 e. The Morgan fingerprint density at radius 3 is 2.88 bits per heavy atom. The number of nitrogen functional groups attached to an aromatic ring is 1. The number of aromatic nitrogens is 2. The van der Waals surface area contributed by atoms with Crippen molar-refractivity contribution in [3.05, 3.63) is 30.5 Å². The molecule has 0 saturated carbocycles. The van der Waals surface area contributed by atoms with E-state index in [0.29, 0.717) is 11.4 Å². The minimum absolute atomic E-state index is 0.297. The summed E-state index contributed by atoms with van der Waals surface area (Å²) in [6.45, 7) is 0. The molecule has 0 unspecified atom stereocenters. The van der Waals surface area contributed by atoms with Crippen LogP contribution in [0.15, 0.2) is 30.5 Å². The van der Waals surface area contributed by atoms with E-state index >= 15 is 0 Å². The zero-order valence-corrected chi connectivity index (χ0v) is 10.0. The summed E-state index contributed by atoms with van der Waals surface area (Å²) in [5, 5.41) is 14.7. The van der Waals surface area contributed by atoms with E-state index in [2.05, 4.69) is 5.10 Å². The van der Waals surface area contributed by atoms with Crippen molar-refractivity contribution in [2.24, 2.45) is 7.05 Å². The number of phenolic OH excluding ortho intramolecular Hbond substituents is 1. The van der Waals surface area contributed by atoms with Crippen molar-refractivity contribution in [3.8, 4) is 16.3 Å². The smallest absolute Gasteiger partial charge is 0.124 e. The van der Waals surface area contributed by atoms with Gasteiger partial charge in [-0.15, -0.1) is 11.3 Å². The molecule has 3 rings (SSSR count). The Bertz CT molecular complexity index is 679. The molecule has 3 N–H and O–H groups in total. The molecule has 4 nitrogen and oxygen atoms in total. The summed E-state index contributed by atoms with van der Waals surface area (Å²) < 4.78 is 2.79. The zero-order valence-electron chi connectivity index (χ0n) is 9.21. The van der Waals surface area contributed by atoms with Gasteiger partial charge in [0.1, 0.15) is 11.4 Å². The SMILES string of the molecule is Cn1ncc(N)c1-c1cc2c(O)cccc2s1. The van der Waals surface area contributed by atoms with Crippen LogP contribution in [0.4, 0.5) is 5.69 Å². The first-order valence-corrected chi connectivity index (χ1v) is 5.98. The van der Waals surface area contributed by atoms with Crippen LogP contribution < -0.4 is 5.73 Å². The second kappa shape index (κ2) is 3.49. The molecule has 0 aliphatic heterocycles. The number of thiophene rings is 1. The second-order valence-electron chi connectivity index (χ2n) is 3.87. The Morgan fingerprint density at radius 2 is 2.24 bits per heavy atom. The number of aryl methyl sites for hydroxylation is 1. The fraction of sp³-hybridized carbons (Fsp3) is 0.0833. The molecule has 0 aliphatic rings. The first-order chi connectivity index (χ1) is 8.16. The molecule has 5 heteroatoms. The van der Waals surface area contributed by atoms with Gasteiger partial charge in [0.05, 0.1) is 16.8 Å².